The predicted molar refractivity (Wildman–Crippen MR) is 86.7 cm³/mol. The molecule has 1 fully saturated rings. The molecular formula is C18H29NO2. The number of hydrogen-bond donors (Lipinski definition) is 1. The molecule has 1 aromatic carbocycles. The Morgan fingerprint density at radius 1 is 1.14 bits per heavy atom. The van der Waals surface area contributed by atoms with Crippen LogP contribution in [0, 0.1) is 0 Å². The summed E-state index contributed by atoms with van der Waals surface area (Å²) in [4.78, 5) is 0. The van der Waals surface area contributed by atoms with Gasteiger partial charge < -0.3 is 14.8 Å². The van der Waals surface area contributed by atoms with E-state index < -0.39 is 0 Å². The van der Waals surface area contributed by atoms with Gasteiger partial charge in [-0.1, -0.05) is 12.1 Å². The van der Waals surface area contributed by atoms with E-state index in [4.69, 9.17) is 9.47 Å². The second kappa shape index (κ2) is 6.80. The summed E-state index contributed by atoms with van der Waals surface area (Å²) in [6, 6.07) is 8.15. The van der Waals surface area contributed by atoms with Crippen LogP contribution in [-0.4, -0.2) is 24.8 Å². The molecule has 0 radical (unpaired) electrons. The quantitative estimate of drug-likeness (QED) is 0.826. The highest BCUT2D eigenvalue weighted by atomic mass is 16.5. The molecule has 0 bridgehead atoms. The van der Waals surface area contributed by atoms with Crippen molar-refractivity contribution in [3.05, 3.63) is 29.8 Å². The fourth-order valence-corrected chi connectivity index (χ4v) is 2.66. The van der Waals surface area contributed by atoms with Crippen molar-refractivity contribution in [3.8, 4) is 5.75 Å². The Kier molecular flexibility index (Phi) is 5.28. The molecule has 3 heteroatoms. The monoisotopic (exact) mass is 291 g/mol. The topological polar surface area (TPSA) is 30.5 Å². The molecule has 1 saturated carbocycles. The van der Waals surface area contributed by atoms with E-state index in [1.807, 2.05) is 12.1 Å². The van der Waals surface area contributed by atoms with Gasteiger partial charge in [0, 0.05) is 5.54 Å². The van der Waals surface area contributed by atoms with Crippen molar-refractivity contribution in [2.24, 2.45) is 0 Å². The second-order valence-electron chi connectivity index (χ2n) is 7.10. The van der Waals surface area contributed by atoms with Gasteiger partial charge in [0.25, 0.3) is 0 Å². The van der Waals surface area contributed by atoms with Gasteiger partial charge in [-0.15, -0.1) is 0 Å². The molecule has 0 aromatic heterocycles. The molecule has 1 aliphatic carbocycles. The van der Waals surface area contributed by atoms with Gasteiger partial charge in [0.05, 0.1) is 19.3 Å². The Morgan fingerprint density at radius 3 is 2.29 bits per heavy atom. The van der Waals surface area contributed by atoms with Crippen molar-refractivity contribution in [2.45, 2.75) is 64.2 Å². The fourth-order valence-electron chi connectivity index (χ4n) is 2.66. The van der Waals surface area contributed by atoms with Crippen LogP contribution in [0.5, 0.6) is 5.75 Å². The number of methoxy groups -OCH3 is 1. The lowest BCUT2D eigenvalue weighted by atomic mass is 9.77. The zero-order valence-corrected chi connectivity index (χ0v) is 13.9. The summed E-state index contributed by atoms with van der Waals surface area (Å²) >= 11 is 0. The molecule has 0 spiro atoms. The standard InChI is InChI=1S/C18H29NO2/c1-17(2,3)19-13-12-18(10-5-11-18)21-14-15-6-8-16(20-4)9-7-15/h6-9,19H,5,10-14H2,1-4H3. The van der Waals surface area contributed by atoms with Crippen LogP contribution in [0.2, 0.25) is 0 Å². The number of rotatable bonds is 7. The van der Waals surface area contributed by atoms with E-state index in [0.717, 1.165) is 18.7 Å². The van der Waals surface area contributed by atoms with E-state index in [-0.39, 0.29) is 11.1 Å². The first-order valence-electron chi connectivity index (χ1n) is 7.94. The van der Waals surface area contributed by atoms with Crippen LogP contribution in [0.3, 0.4) is 0 Å². The summed E-state index contributed by atoms with van der Waals surface area (Å²) in [5, 5.41) is 3.56. The number of nitrogens with one attached hydrogen (secondary N) is 1. The molecule has 0 heterocycles. The molecule has 1 aliphatic rings. The molecule has 0 atom stereocenters. The third kappa shape index (κ3) is 5.01. The molecule has 118 valence electrons. The van der Waals surface area contributed by atoms with E-state index in [0.29, 0.717) is 6.61 Å². The molecule has 0 unspecified atom stereocenters. The number of hydrogen-bond acceptors (Lipinski definition) is 3. The summed E-state index contributed by atoms with van der Waals surface area (Å²) in [7, 11) is 1.69. The first-order chi connectivity index (χ1) is 9.92. The summed E-state index contributed by atoms with van der Waals surface area (Å²) in [5.41, 5.74) is 1.49. The maximum atomic E-state index is 6.26. The molecule has 1 N–H and O–H groups in total. The average Bonchev–Trinajstić information content (AvgIpc) is 2.40. The van der Waals surface area contributed by atoms with Crippen molar-refractivity contribution < 1.29 is 9.47 Å². The van der Waals surface area contributed by atoms with Crippen molar-refractivity contribution in [1.82, 2.24) is 5.32 Å². The van der Waals surface area contributed by atoms with Gasteiger partial charge >= 0.3 is 0 Å². The van der Waals surface area contributed by atoms with Crippen LogP contribution in [-0.2, 0) is 11.3 Å². The summed E-state index contributed by atoms with van der Waals surface area (Å²) < 4.78 is 11.4. The number of benzene rings is 1. The SMILES string of the molecule is COc1ccc(COC2(CCNC(C)(C)C)CCC2)cc1. The minimum Gasteiger partial charge on any atom is -0.497 e. The highest BCUT2D eigenvalue weighted by Gasteiger charge is 2.37. The fraction of sp³-hybridized carbons (Fsp3) is 0.667. The highest BCUT2D eigenvalue weighted by Crippen LogP contribution is 2.39. The van der Waals surface area contributed by atoms with Gasteiger partial charge in [-0.2, -0.15) is 0 Å². The van der Waals surface area contributed by atoms with Gasteiger partial charge in [0.1, 0.15) is 5.75 Å². The molecule has 0 saturated heterocycles. The van der Waals surface area contributed by atoms with Gasteiger partial charge in [-0.05, 0) is 70.7 Å². The Balaban J connectivity index is 1.81. The third-order valence-corrected chi connectivity index (χ3v) is 4.20. The first kappa shape index (κ1) is 16.3. The third-order valence-electron chi connectivity index (χ3n) is 4.20. The van der Waals surface area contributed by atoms with Crippen LogP contribution in [0.25, 0.3) is 0 Å². The van der Waals surface area contributed by atoms with E-state index in [1.165, 1.54) is 24.8 Å². The average molecular weight is 291 g/mol. The molecule has 21 heavy (non-hydrogen) atoms. The van der Waals surface area contributed by atoms with Crippen molar-refractivity contribution in [1.29, 1.82) is 0 Å². The van der Waals surface area contributed by atoms with E-state index >= 15 is 0 Å². The van der Waals surface area contributed by atoms with Gasteiger partial charge in [0.15, 0.2) is 0 Å². The first-order valence-corrected chi connectivity index (χ1v) is 7.94. The lowest BCUT2D eigenvalue weighted by Crippen LogP contribution is -2.45. The molecular weight excluding hydrogens is 262 g/mol. The molecule has 0 aliphatic heterocycles. The minimum absolute atomic E-state index is 0.0954. The smallest absolute Gasteiger partial charge is 0.118 e. The maximum absolute atomic E-state index is 6.26. The van der Waals surface area contributed by atoms with Crippen molar-refractivity contribution >= 4 is 0 Å². The molecule has 0 amide bonds. The predicted octanol–water partition coefficient (Wildman–Crippen LogP) is 3.91. The van der Waals surface area contributed by atoms with Gasteiger partial charge in [0.2, 0.25) is 0 Å². The van der Waals surface area contributed by atoms with Crippen LogP contribution in [0.1, 0.15) is 52.0 Å². The largest absolute Gasteiger partial charge is 0.497 e. The van der Waals surface area contributed by atoms with Crippen LogP contribution in [0.15, 0.2) is 24.3 Å². The lowest BCUT2D eigenvalue weighted by Gasteiger charge is -2.42. The van der Waals surface area contributed by atoms with E-state index in [1.54, 1.807) is 7.11 Å². The van der Waals surface area contributed by atoms with Crippen LogP contribution in [0.4, 0.5) is 0 Å². The summed E-state index contributed by atoms with van der Waals surface area (Å²) in [6.07, 6.45) is 4.77. The Labute approximate surface area is 129 Å². The summed E-state index contributed by atoms with van der Waals surface area (Å²) in [6.45, 7) is 8.33. The van der Waals surface area contributed by atoms with Crippen molar-refractivity contribution in [2.75, 3.05) is 13.7 Å². The van der Waals surface area contributed by atoms with Crippen molar-refractivity contribution in [3.63, 3.8) is 0 Å². The van der Waals surface area contributed by atoms with Gasteiger partial charge in [-0.25, -0.2) is 0 Å². The van der Waals surface area contributed by atoms with E-state index in [9.17, 15) is 0 Å². The summed E-state index contributed by atoms with van der Waals surface area (Å²) in [5.74, 6) is 0.895. The molecule has 1 aromatic rings. The lowest BCUT2D eigenvalue weighted by molar-refractivity contribution is -0.114. The molecule has 2 rings (SSSR count). The normalized spacial score (nSPS) is 17.3. The second-order valence-corrected chi connectivity index (χ2v) is 7.10. The Bertz CT molecular complexity index is 430. The molecule has 3 nitrogen and oxygen atoms in total. The van der Waals surface area contributed by atoms with Crippen LogP contribution >= 0.6 is 0 Å². The Morgan fingerprint density at radius 2 is 1.81 bits per heavy atom. The number of ether oxygens (including phenoxy) is 2. The minimum atomic E-state index is 0.0954. The zero-order chi connectivity index (χ0) is 15.3. The van der Waals surface area contributed by atoms with Gasteiger partial charge in [-0.3, -0.25) is 0 Å². The van der Waals surface area contributed by atoms with E-state index in [2.05, 4.69) is 38.2 Å². The highest BCUT2D eigenvalue weighted by molar-refractivity contribution is 5.26. The Hall–Kier alpha value is -1.06. The maximum Gasteiger partial charge on any atom is 0.118 e. The zero-order valence-electron chi connectivity index (χ0n) is 13.9. The van der Waals surface area contributed by atoms with Crippen LogP contribution < -0.4 is 10.1 Å².